The number of hydrogen-bond donors (Lipinski definition) is 0. The Morgan fingerprint density at radius 1 is 0.680 bits per heavy atom. The summed E-state index contributed by atoms with van der Waals surface area (Å²) in [7, 11) is 0. The molecule has 25 heavy (non-hydrogen) atoms. The summed E-state index contributed by atoms with van der Waals surface area (Å²) in [5, 5.41) is 5.34. The molecule has 2 heterocycles. The van der Waals surface area contributed by atoms with Gasteiger partial charge in [-0.1, -0.05) is 0 Å². The van der Waals surface area contributed by atoms with Crippen molar-refractivity contribution < 1.29 is 0 Å². The van der Waals surface area contributed by atoms with E-state index in [-0.39, 0.29) is 0 Å². The van der Waals surface area contributed by atoms with Crippen LogP contribution in [0.4, 0.5) is 0 Å². The molecule has 0 nitrogen and oxygen atoms in total. The molecule has 0 N–H and O–H groups in total. The molecule has 2 saturated heterocycles. The Morgan fingerprint density at radius 3 is 1.36 bits per heavy atom. The van der Waals surface area contributed by atoms with Crippen LogP contribution in [0.25, 0.3) is 0 Å². The zero-order valence-corrected chi connectivity index (χ0v) is 21.1. The van der Waals surface area contributed by atoms with Crippen molar-refractivity contribution in [2.75, 3.05) is 11.5 Å². The van der Waals surface area contributed by atoms with Crippen LogP contribution in [0.15, 0.2) is 0 Å². The van der Waals surface area contributed by atoms with E-state index in [1.165, 1.54) is 11.5 Å². The Labute approximate surface area is 177 Å². The van der Waals surface area contributed by atoms with Crippen LogP contribution < -0.4 is 0 Å². The van der Waals surface area contributed by atoms with Gasteiger partial charge in [0.05, 0.1) is 0 Å². The Balaban J connectivity index is 1.18. The Hall–Kier alpha value is 1.74. The molecule has 0 amide bonds. The fraction of sp³-hybridized carbons (Fsp3) is 1.00. The van der Waals surface area contributed by atoms with Crippen molar-refractivity contribution in [2.45, 2.75) is 96.0 Å². The minimum atomic E-state index is 0.620. The fourth-order valence-electron chi connectivity index (χ4n) is 5.10. The van der Waals surface area contributed by atoms with Gasteiger partial charge in [-0.15, -0.1) is 0 Å². The van der Waals surface area contributed by atoms with Crippen LogP contribution in [-0.2, 0) is 0 Å². The van der Waals surface area contributed by atoms with Gasteiger partial charge in [-0.05, 0) is 0 Å². The summed E-state index contributed by atoms with van der Waals surface area (Å²) in [4.78, 5) is 2.28. The number of hydrogen-bond acceptors (Lipinski definition) is 2. The molecule has 2 saturated carbocycles. The molecule has 0 aromatic carbocycles. The Bertz CT molecular complexity index is 380. The van der Waals surface area contributed by atoms with Crippen molar-refractivity contribution in [3.8, 4) is 0 Å². The molecule has 2 aliphatic heterocycles. The summed E-state index contributed by atoms with van der Waals surface area (Å²) in [5.41, 5.74) is 0.620. The predicted octanol–water partition coefficient (Wildman–Crippen LogP) is 6.45. The van der Waals surface area contributed by atoms with Crippen molar-refractivity contribution in [2.24, 2.45) is 17.3 Å². The molecule has 2 unspecified atom stereocenters. The van der Waals surface area contributed by atoms with E-state index in [0.717, 1.165) is 61.9 Å². The standard InChI is InChI=1S/C21H36S2Se2/c1-21(2,15-3-7-19(8-4-15)24-13-17-11-22-17)16-5-9-20(10-6-16)25-14-18-12-23-18/h15-20H,3-14H2,1-2H3. The summed E-state index contributed by atoms with van der Waals surface area (Å²) in [6.45, 7) is 5.31. The predicted molar refractivity (Wildman–Crippen MR) is 119 cm³/mol. The molecule has 0 aromatic rings. The van der Waals surface area contributed by atoms with Crippen molar-refractivity contribution >= 4 is 53.4 Å². The first-order valence-corrected chi connectivity index (χ1v) is 17.1. The van der Waals surface area contributed by atoms with Gasteiger partial charge in [0.25, 0.3) is 0 Å². The molecule has 4 fully saturated rings. The SMILES string of the molecule is CC(C)(C1CCC([Se]CC2CS2)CC1)C1CCC([Se]CC2CS2)CC1. The number of thioether (sulfide) groups is 2. The second-order valence-corrected chi connectivity index (χ2v) is 17.6. The van der Waals surface area contributed by atoms with Crippen LogP contribution in [-0.4, -0.2) is 51.9 Å². The van der Waals surface area contributed by atoms with E-state index in [1.54, 1.807) is 62.0 Å². The average molecular weight is 511 g/mol. The molecule has 0 aromatic heterocycles. The van der Waals surface area contributed by atoms with Gasteiger partial charge in [0.15, 0.2) is 0 Å². The van der Waals surface area contributed by atoms with Crippen molar-refractivity contribution in [1.29, 1.82) is 0 Å². The fourth-order valence-corrected chi connectivity index (χ4v) is 13.6. The van der Waals surface area contributed by atoms with E-state index in [0.29, 0.717) is 5.41 Å². The molecule has 0 radical (unpaired) electrons. The second-order valence-electron chi connectivity index (χ2n) is 9.35. The van der Waals surface area contributed by atoms with Gasteiger partial charge in [-0.2, -0.15) is 0 Å². The first-order valence-electron chi connectivity index (χ1n) is 10.6. The van der Waals surface area contributed by atoms with Crippen molar-refractivity contribution in [3.05, 3.63) is 0 Å². The molecule has 4 heteroatoms. The van der Waals surface area contributed by atoms with Crippen LogP contribution >= 0.6 is 23.5 Å². The molecule has 4 aliphatic rings. The van der Waals surface area contributed by atoms with Crippen LogP contribution in [0.2, 0.25) is 20.3 Å². The topological polar surface area (TPSA) is 0 Å². The first-order chi connectivity index (χ1) is 12.1. The van der Waals surface area contributed by atoms with Gasteiger partial charge in [0.2, 0.25) is 0 Å². The van der Waals surface area contributed by atoms with Gasteiger partial charge in [-0.25, -0.2) is 0 Å². The summed E-state index contributed by atoms with van der Waals surface area (Å²) < 4.78 is 0. The molecular formula is C21H36S2Se2. The van der Waals surface area contributed by atoms with E-state index >= 15 is 0 Å². The maximum atomic E-state index is 2.65. The van der Waals surface area contributed by atoms with Gasteiger partial charge >= 0.3 is 178 Å². The van der Waals surface area contributed by atoms with Gasteiger partial charge in [0.1, 0.15) is 0 Å². The summed E-state index contributed by atoms with van der Waals surface area (Å²) in [6.07, 6.45) is 12.5. The minimum absolute atomic E-state index is 0.620. The van der Waals surface area contributed by atoms with Gasteiger partial charge < -0.3 is 0 Å². The van der Waals surface area contributed by atoms with Crippen molar-refractivity contribution in [1.82, 2.24) is 0 Å². The normalized spacial score (nSPS) is 41.5. The quantitative estimate of drug-likeness (QED) is 0.272. The zero-order chi connectivity index (χ0) is 17.3. The van der Waals surface area contributed by atoms with Crippen LogP contribution in [0.5, 0.6) is 0 Å². The Morgan fingerprint density at radius 2 is 1.04 bits per heavy atom. The third-order valence-electron chi connectivity index (χ3n) is 7.29. The van der Waals surface area contributed by atoms with E-state index in [4.69, 9.17) is 0 Å². The average Bonchev–Trinajstić information content (AvgIpc) is 3.54. The van der Waals surface area contributed by atoms with E-state index < -0.39 is 0 Å². The van der Waals surface area contributed by atoms with Crippen molar-refractivity contribution in [3.63, 3.8) is 0 Å². The third-order valence-corrected chi connectivity index (χ3v) is 16.6. The van der Waals surface area contributed by atoms with Gasteiger partial charge in [0, 0.05) is 0 Å². The molecular weight excluding hydrogens is 474 g/mol. The van der Waals surface area contributed by atoms with E-state index in [1.807, 2.05) is 0 Å². The Kier molecular flexibility index (Phi) is 7.24. The first kappa shape index (κ1) is 20.0. The molecule has 2 atom stereocenters. The van der Waals surface area contributed by atoms with Crippen LogP contribution in [0.3, 0.4) is 0 Å². The molecule has 4 rings (SSSR count). The maximum absolute atomic E-state index is 2.65. The van der Waals surface area contributed by atoms with Crippen LogP contribution in [0, 0.1) is 17.3 Å². The summed E-state index contributed by atoms with van der Waals surface area (Å²) in [6, 6.07) is 0. The molecule has 2 aliphatic carbocycles. The summed E-state index contributed by atoms with van der Waals surface area (Å²) >= 11 is 6.33. The monoisotopic (exact) mass is 512 g/mol. The summed E-state index contributed by atoms with van der Waals surface area (Å²) in [5.74, 6) is 5.02. The van der Waals surface area contributed by atoms with Crippen LogP contribution in [0.1, 0.15) is 65.2 Å². The van der Waals surface area contributed by atoms with Gasteiger partial charge in [-0.3, -0.25) is 0 Å². The van der Waals surface area contributed by atoms with E-state index in [2.05, 4.69) is 37.4 Å². The van der Waals surface area contributed by atoms with E-state index in [9.17, 15) is 0 Å². The molecule has 144 valence electrons. The number of rotatable bonds is 8. The second kappa shape index (κ2) is 9.04. The zero-order valence-electron chi connectivity index (χ0n) is 16.1. The molecule has 0 spiro atoms. The molecule has 0 bridgehead atoms. The third kappa shape index (κ3) is 5.86.